The summed E-state index contributed by atoms with van der Waals surface area (Å²) in [5.41, 5.74) is 1.79. The number of anilines is 2. The highest BCUT2D eigenvalue weighted by Gasteiger charge is 2.15. The zero-order valence-corrected chi connectivity index (χ0v) is 16.7. The smallest absolute Gasteiger partial charge is 0.264 e. The molecule has 9 heteroatoms. The van der Waals surface area contributed by atoms with Crippen molar-refractivity contribution in [2.75, 3.05) is 10.0 Å². The first-order valence-electron chi connectivity index (χ1n) is 8.46. The van der Waals surface area contributed by atoms with Gasteiger partial charge in [-0.1, -0.05) is 30.3 Å². The molecule has 0 bridgehead atoms. The van der Waals surface area contributed by atoms with Gasteiger partial charge in [0.25, 0.3) is 10.0 Å². The maximum absolute atomic E-state index is 12.4. The summed E-state index contributed by atoms with van der Waals surface area (Å²) in [5, 5.41) is 6.69. The van der Waals surface area contributed by atoms with Crippen LogP contribution < -0.4 is 15.4 Å². The van der Waals surface area contributed by atoms with Crippen LogP contribution in [0, 0.1) is 0 Å². The predicted octanol–water partition coefficient (Wildman–Crippen LogP) is 3.33. The van der Waals surface area contributed by atoms with E-state index in [4.69, 9.17) is 12.2 Å². The number of benzene rings is 2. The maximum Gasteiger partial charge on any atom is 0.264 e. The lowest BCUT2D eigenvalue weighted by atomic mass is 10.1. The van der Waals surface area contributed by atoms with Gasteiger partial charge in [-0.3, -0.25) is 0 Å². The van der Waals surface area contributed by atoms with Crippen molar-refractivity contribution < 1.29 is 8.42 Å². The Bertz CT molecular complexity index is 1030. The summed E-state index contributed by atoms with van der Waals surface area (Å²) in [6.07, 6.45) is 2.92. The number of sulfonamides is 1. The number of rotatable bonds is 6. The van der Waals surface area contributed by atoms with E-state index in [2.05, 4.69) is 25.3 Å². The van der Waals surface area contributed by atoms with Crippen LogP contribution in [0.2, 0.25) is 0 Å². The standard InChI is InChI=1S/C19H19N5O2S2/c1-14(15-6-3-2-4-7-15)22-19(27)23-16-8-10-17(11-9-16)28(25,26)24-18-20-12-5-13-21-18/h2-14H,1H3,(H,20,21,24)(H2,22,23,27). The first-order chi connectivity index (χ1) is 13.4. The highest BCUT2D eigenvalue weighted by molar-refractivity contribution is 7.92. The number of hydrogen-bond donors (Lipinski definition) is 3. The van der Waals surface area contributed by atoms with Crippen LogP contribution in [0.25, 0.3) is 0 Å². The van der Waals surface area contributed by atoms with Gasteiger partial charge in [0.2, 0.25) is 5.95 Å². The molecule has 0 fully saturated rings. The lowest BCUT2D eigenvalue weighted by Crippen LogP contribution is -2.30. The van der Waals surface area contributed by atoms with Crippen LogP contribution in [0.5, 0.6) is 0 Å². The van der Waals surface area contributed by atoms with E-state index in [1.165, 1.54) is 24.5 Å². The Morgan fingerprint density at radius 1 is 0.964 bits per heavy atom. The number of hydrogen-bond acceptors (Lipinski definition) is 5. The SMILES string of the molecule is CC(NC(=S)Nc1ccc(S(=O)(=O)Nc2ncccn2)cc1)c1ccccc1. The van der Waals surface area contributed by atoms with Gasteiger partial charge in [-0.05, 0) is 55.0 Å². The van der Waals surface area contributed by atoms with Gasteiger partial charge in [0.05, 0.1) is 10.9 Å². The molecule has 0 amide bonds. The Morgan fingerprint density at radius 2 is 1.61 bits per heavy atom. The van der Waals surface area contributed by atoms with Crippen molar-refractivity contribution in [3.63, 3.8) is 0 Å². The molecule has 28 heavy (non-hydrogen) atoms. The third-order valence-corrected chi connectivity index (χ3v) is 5.43. The molecule has 0 saturated carbocycles. The van der Waals surface area contributed by atoms with E-state index < -0.39 is 10.0 Å². The second-order valence-corrected chi connectivity index (χ2v) is 8.02. The molecule has 3 N–H and O–H groups in total. The van der Waals surface area contributed by atoms with Gasteiger partial charge in [-0.25, -0.2) is 23.1 Å². The first kappa shape index (κ1) is 19.7. The summed E-state index contributed by atoms with van der Waals surface area (Å²) in [4.78, 5) is 7.82. The zero-order chi connectivity index (χ0) is 20.0. The van der Waals surface area contributed by atoms with E-state index in [1.807, 2.05) is 37.3 Å². The van der Waals surface area contributed by atoms with Crippen LogP contribution in [0.15, 0.2) is 78.0 Å². The average molecular weight is 414 g/mol. The molecule has 1 heterocycles. The fourth-order valence-corrected chi connectivity index (χ4v) is 3.69. The van der Waals surface area contributed by atoms with Crippen LogP contribution >= 0.6 is 12.2 Å². The summed E-state index contributed by atoms with van der Waals surface area (Å²) >= 11 is 5.34. The number of aromatic nitrogens is 2. The molecule has 0 saturated heterocycles. The van der Waals surface area contributed by atoms with Gasteiger partial charge in [-0.2, -0.15) is 0 Å². The first-order valence-corrected chi connectivity index (χ1v) is 10.4. The van der Waals surface area contributed by atoms with Crippen LogP contribution in [-0.2, 0) is 10.0 Å². The summed E-state index contributed by atoms with van der Waals surface area (Å²) in [6, 6.07) is 17.8. The van der Waals surface area contributed by atoms with Crippen molar-refractivity contribution >= 4 is 39.0 Å². The molecule has 7 nitrogen and oxygen atoms in total. The normalized spacial score (nSPS) is 12.0. The Balaban J connectivity index is 1.61. The molecule has 1 aromatic heterocycles. The second-order valence-electron chi connectivity index (χ2n) is 5.93. The van der Waals surface area contributed by atoms with Crippen molar-refractivity contribution in [3.05, 3.63) is 78.6 Å². The lowest BCUT2D eigenvalue weighted by Gasteiger charge is -2.17. The maximum atomic E-state index is 12.4. The molecule has 0 aliphatic heterocycles. The fraction of sp³-hybridized carbons (Fsp3) is 0.105. The van der Waals surface area contributed by atoms with E-state index in [0.29, 0.717) is 10.8 Å². The highest BCUT2D eigenvalue weighted by atomic mass is 32.2. The number of nitrogens with zero attached hydrogens (tertiary/aromatic N) is 2. The zero-order valence-electron chi connectivity index (χ0n) is 15.0. The molecule has 1 unspecified atom stereocenters. The van der Waals surface area contributed by atoms with E-state index >= 15 is 0 Å². The third-order valence-electron chi connectivity index (χ3n) is 3.86. The summed E-state index contributed by atoms with van der Waals surface area (Å²) in [6.45, 7) is 2.01. The number of thiocarbonyl (C=S) groups is 1. The molecule has 2 aromatic carbocycles. The molecular formula is C19H19N5O2S2. The largest absolute Gasteiger partial charge is 0.356 e. The quantitative estimate of drug-likeness (QED) is 0.534. The lowest BCUT2D eigenvalue weighted by molar-refractivity contribution is 0.601. The molecule has 1 atom stereocenters. The van der Waals surface area contributed by atoms with Crippen LogP contribution in [-0.4, -0.2) is 23.5 Å². The average Bonchev–Trinajstić information content (AvgIpc) is 2.69. The van der Waals surface area contributed by atoms with Crippen molar-refractivity contribution in [1.82, 2.24) is 15.3 Å². The van der Waals surface area contributed by atoms with Crippen LogP contribution in [0.4, 0.5) is 11.6 Å². The van der Waals surface area contributed by atoms with Gasteiger partial charge in [0.15, 0.2) is 5.11 Å². The molecule has 0 aliphatic carbocycles. The molecule has 0 aliphatic rings. The topological polar surface area (TPSA) is 96.0 Å². The van der Waals surface area contributed by atoms with Gasteiger partial charge >= 0.3 is 0 Å². The molecule has 3 aromatic rings. The minimum Gasteiger partial charge on any atom is -0.356 e. The Hall–Kier alpha value is -3.04. The molecular weight excluding hydrogens is 394 g/mol. The minimum absolute atomic E-state index is 0.0185. The monoisotopic (exact) mass is 413 g/mol. The van der Waals surface area contributed by atoms with Crippen molar-refractivity contribution in [1.29, 1.82) is 0 Å². The highest BCUT2D eigenvalue weighted by Crippen LogP contribution is 2.17. The van der Waals surface area contributed by atoms with Crippen molar-refractivity contribution in [2.45, 2.75) is 17.9 Å². The second kappa shape index (κ2) is 8.77. The summed E-state index contributed by atoms with van der Waals surface area (Å²) in [7, 11) is -3.76. The van der Waals surface area contributed by atoms with Gasteiger partial charge in [-0.15, -0.1) is 0 Å². The fourth-order valence-electron chi connectivity index (χ4n) is 2.44. The van der Waals surface area contributed by atoms with Crippen molar-refractivity contribution in [2.24, 2.45) is 0 Å². The summed E-state index contributed by atoms with van der Waals surface area (Å²) in [5.74, 6) is 0.0185. The van der Waals surface area contributed by atoms with E-state index in [0.717, 1.165) is 5.56 Å². The van der Waals surface area contributed by atoms with Crippen molar-refractivity contribution in [3.8, 4) is 0 Å². The summed E-state index contributed by atoms with van der Waals surface area (Å²) < 4.78 is 27.1. The molecule has 144 valence electrons. The molecule has 0 radical (unpaired) electrons. The molecule has 0 spiro atoms. The Morgan fingerprint density at radius 3 is 2.25 bits per heavy atom. The minimum atomic E-state index is -3.76. The van der Waals surface area contributed by atoms with Gasteiger partial charge < -0.3 is 10.6 Å². The van der Waals surface area contributed by atoms with Crippen LogP contribution in [0.3, 0.4) is 0 Å². The third kappa shape index (κ3) is 5.24. The van der Waals surface area contributed by atoms with E-state index in [9.17, 15) is 8.42 Å². The Kier molecular flexibility index (Phi) is 6.17. The van der Waals surface area contributed by atoms with Gasteiger partial charge in [0.1, 0.15) is 0 Å². The van der Waals surface area contributed by atoms with Gasteiger partial charge in [0, 0.05) is 18.1 Å². The predicted molar refractivity (Wildman–Crippen MR) is 113 cm³/mol. The van der Waals surface area contributed by atoms with E-state index in [1.54, 1.807) is 18.2 Å². The molecule has 3 rings (SSSR count). The number of nitrogens with one attached hydrogen (secondary N) is 3. The Labute approximate surface area is 169 Å². The van der Waals surface area contributed by atoms with E-state index in [-0.39, 0.29) is 16.9 Å². The van der Waals surface area contributed by atoms with Crippen LogP contribution in [0.1, 0.15) is 18.5 Å².